The Balaban J connectivity index is 2.81. The molecule has 13 heavy (non-hydrogen) atoms. The largest absolute Gasteiger partial charge is 0.447 e. The molecule has 0 unspecified atom stereocenters. The van der Waals surface area contributed by atoms with Gasteiger partial charge in [-0.2, -0.15) is 0 Å². The maximum atomic E-state index is 10.8. The number of anilines is 1. The molecule has 0 saturated heterocycles. The fourth-order valence-corrected chi connectivity index (χ4v) is 1.13. The van der Waals surface area contributed by atoms with E-state index in [1.54, 1.807) is 18.3 Å². The normalized spacial score (nSPS) is 10.5. The first-order valence-corrected chi connectivity index (χ1v) is 3.63. The second kappa shape index (κ2) is 2.48. The minimum Gasteiger partial charge on any atom is -0.447 e. The molecule has 0 atom stereocenters. The number of rotatable bonds is 1. The van der Waals surface area contributed by atoms with Gasteiger partial charge in [-0.25, -0.2) is 0 Å². The van der Waals surface area contributed by atoms with Crippen LogP contribution in [0.5, 0.6) is 0 Å². The molecule has 2 aromatic heterocycles. The van der Waals surface area contributed by atoms with Crippen molar-refractivity contribution < 1.29 is 9.21 Å². The standard InChI is InChI=1S/C8H7N3O2/c9-5-6-4(2-1-3-11-6)13-7(5)8(10)12/h1-3H,9H2,(H2,10,12). The highest BCUT2D eigenvalue weighted by Gasteiger charge is 2.15. The van der Waals surface area contributed by atoms with Gasteiger partial charge in [0, 0.05) is 6.20 Å². The smallest absolute Gasteiger partial charge is 0.286 e. The van der Waals surface area contributed by atoms with Crippen molar-refractivity contribution in [2.45, 2.75) is 0 Å². The summed E-state index contributed by atoms with van der Waals surface area (Å²) in [5.41, 5.74) is 11.8. The van der Waals surface area contributed by atoms with Crippen molar-refractivity contribution in [2.24, 2.45) is 5.73 Å². The summed E-state index contributed by atoms with van der Waals surface area (Å²) in [7, 11) is 0. The van der Waals surface area contributed by atoms with E-state index in [-0.39, 0.29) is 11.4 Å². The molecule has 0 fully saturated rings. The van der Waals surface area contributed by atoms with Gasteiger partial charge in [0.05, 0.1) is 0 Å². The van der Waals surface area contributed by atoms with Gasteiger partial charge in [-0.05, 0) is 12.1 Å². The van der Waals surface area contributed by atoms with Gasteiger partial charge in [0.25, 0.3) is 5.91 Å². The summed E-state index contributed by atoms with van der Waals surface area (Å²) in [6, 6.07) is 3.36. The molecular weight excluding hydrogens is 170 g/mol. The summed E-state index contributed by atoms with van der Waals surface area (Å²) in [6.45, 7) is 0. The van der Waals surface area contributed by atoms with Crippen molar-refractivity contribution >= 4 is 22.7 Å². The van der Waals surface area contributed by atoms with Gasteiger partial charge in [0.15, 0.2) is 5.58 Å². The number of amides is 1. The molecule has 2 heterocycles. The Kier molecular flexibility index (Phi) is 1.45. The van der Waals surface area contributed by atoms with Crippen LogP contribution in [-0.2, 0) is 0 Å². The van der Waals surface area contributed by atoms with Crippen molar-refractivity contribution in [3.05, 3.63) is 24.1 Å². The predicted molar refractivity (Wildman–Crippen MR) is 46.9 cm³/mol. The number of aromatic nitrogens is 1. The summed E-state index contributed by atoms with van der Waals surface area (Å²) in [6.07, 6.45) is 1.57. The summed E-state index contributed by atoms with van der Waals surface area (Å²) in [5.74, 6) is -0.718. The van der Waals surface area contributed by atoms with Crippen LogP contribution in [0.1, 0.15) is 10.6 Å². The second-order valence-corrected chi connectivity index (χ2v) is 2.56. The number of carbonyl (C=O) groups excluding carboxylic acids is 1. The van der Waals surface area contributed by atoms with Gasteiger partial charge in [-0.15, -0.1) is 0 Å². The first-order valence-electron chi connectivity index (χ1n) is 3.63. The molecular formula is C8H7N3O2. The number of pyridine rings is 1. The molecule has 0 aliphatic heterocycles. The van der Waals surface area contributed by atoms with Gasteiger partial charge in [-0.1, -0.05) is 0 Å². The Morgan fingerprint density at radius 2 is 2.31 bits per heavy atom. The number of furan rings is 1. The average Bonchev–Trinajstić information content (AvgIpc) is 2.45. The molecule has 2 aromatic rings. The van der Waals surface area contributed by atoms with E-state index in [1.165, 1.54) is 0 Å². The van der Waals surface area contributed by atoms with Crippen LogP contribution in [0.3, 0.4) is 0 Å². The van der Waals surface area contributed by atoms with E-state index < -0.39 is 5.91 Å². The summed E-state index contributed by atoms with van der Waals surface area (Å²) < 4.78 is 5.10. The van der Waals surface area contributed by atoms with Crippen LogP contribution in [0.25, 0.3) is 11.1 Å². The maximum absolute atomic E-state index is 10.8. The van der Waals surface area contributed by atoms with Crippen LogP contribution < -0.4 is 11.5 Å². The molecule has 66 valence electrons. The highest BCUT2D eigenvalue weighted by Crippen LogP contribution is 2.25. The lowest BCUT2D eigenvalue weighted by molar-refractivity contribution is 0.0977. The molecule has 1 amide bonds. The van der Waals surface area contributed by atoms with Crippen LogP contribution in [0, 0.1) is 0 Å². The maximum Gasteiger partial charge on any atom is 0.286 e. The van der Waals surface area contributed by atoms with E-state index in [2.05, 4.69) is 4.98 Å². The Morgan fingerprint density at radius 3 is 2.92 bits per heavy atom. The topological polar surface area (TPSA) is 95.1 Å². The Labute approximate surface area is 73.3 Å². The zero-order chi connectivity index (χ0) is 9.42. The van der Waals surface area contributed by atoms with E-state index in [0.29, 0.717) is 11.1 Å². The molecule has 4 N–H and O–H groups in total. The SMILES string of the molecule is NC(=O)c1oc2cccnc2c1N. The third-order valence-corrected chi connectivity index (χ3v) is 1.71. The minimum atomic E-state index is -0.685. The zero-order valence-electron chi connectivity index (χ0n) is 6.65. The molecule has 0 radical (unpaired) electrons. The number of nitrogens with two attached hydrogens (primary N) is 2. The number of hydrogen-bond acceptors (Lipinski definition) is 4. The third-order valence-electron chi connectivity index (χ3n) is 1.71. The molecule has 0 saturated carbocycles. The first kappa shape index (κ1) is 7.60. The van der Waals surface area contributed by atoms with Gasteiger partial charge in [0.1, 0.15) is 11.2 Å². The quantitative estimate of drug-likeness (QED) is 0.663. The monoisotopic (exact) mass is 177 g/mol. The highest BCUT2D eigenvalue weighted by molar-refractivity contribution is 6.03. The molecule has 0 aliphatic rings. The van der Waals surface area contributed by atoms with Gasteiger partial charge in [0.2, 0.25) is 5.76 Å². The Morgan fingerprint density at radius 1 is 1.54 bits per heavy atom. The molecule has 0 aromatic carbocycles. The van der Waals surface area contributed by atoms with Crippen molar-refractivity contribution in [2.75, 3.05) is 5.73 Å². The summed E-state index contributed by atoms with van der Waals surface area (Å²) >= 11 is 0. The number of nitrogens with zero attached hydrogens (tertiary/aromatic N) is 1. The highest BCUT2D eigenvalue weighted by atomic mass is 16.3. The predicted octanol–water partition coefficient (Wildman–Crippen LogP) is 0.509. The molecule has 0 bridgehead atoms. The molecule has 5 nitrogen and oxygen atoms in total. The minimum absolute atomic E-state index is 0.0336. The summed E-state index contributed by atoms with van der Waals surface area (Å²) in [5, 5.41) is 0. The van der Waals surface area contributed by atoms with Crippen molar-refractivity contribution in [3.8, 4) is 0 Å². The third kappa shape index (κ3) is 1.01. The fraction of sp³-hybridized carbons (Fsp3) is 0. The lowest BCUT2D eigenvalue weighted by atomic mass is 10.3. The Bertz CT molecular complexity index is 475. The lowest BCUT2D eigenvalue weighted by Crippen LogP contribution is -2.11. The van der Waals surface area contributed by atoms with Crippen LogP contribution >= 0.6 is 0 Å². The first-order chi connectivity index (χ1) is 6.20. The number of nitrogen functional groups attached to an aromatic ring is 1. The van der Waals surface area contributed by atoms with E-state index >= 15 is 0 Å². The van der Waals surface area contributed by atoms with E-state index in [1.807, 2.05) is 0 Å². The van der Waals surface area contributed by atoms with Gasteiger partial charge >= 0.3 is 0 Å². The molecule has 0 aliphatic carbocycles. The summed E-state index contributed by atoms with van der Waals surface area (Å²) in [4.78, 5) is 14.8. The van der Waals surface area contributed by atoms with Crippen LogP contribution in [0.15, 0.2) is 22.7 Å². The second-order valence-electron chi connectivity index (χ2n) is 2.56. The lowest BCUT2D eigenvalue weighted by Gasteiger charge is -1.88. The Hall–Kier alpha value is -2.04. The number of hydrogen-bond donors (Lipinski definition) is 2. The van der Waals surface area contributed by atoms with Crippen molar-refractivity contribution in [3.63, 3.8) is 0 Å². The molecule has 5 heteroatoms. The van der Waals surface area contributed by atoms with Crippen LogP contribution in [0.4, 0.5) is 5.69 Å². The number of carbonyl (C=O) groups is 1. The van der Waals surface area contributed by atoms with Gasteiger partial charge in [-0.3, -0.25) is 9.78 Å². The molecule has 0 spiro atoms. The zero-order valence-corrected chi connectivity index (χ0v) is 6.65. The van der Waals surface area contributed by atoms with Crippen molar-refractivity contribution in [1.29, 1.82) is 0 Å². The number of fused-ring (bicyclic) bond motifs is 1. The van der Waals surface area contributed by atoms with Crippen LogP contribution in [-0.4, -0.2) is 10.9 Å². The van der Waals surface area contributed by atoms with Gasteiger partial charge < -0.3 is 15.9 Å². The fourth-order valence-electron chi connectivity index (χ4n) is 1.13. The molecule has 2 rings (SSSR count). The average molecular weight is 177 g/mol. The number of primary amides is 1. The van der Waals surface area contributed by atoms with E-state index in [4.69, 9.17) is 15.9 Å². The van der Waals surface area contributed by atoms with E-state index in [0.717, 1.165) is 0 Å². The van der Waals surface area contributed by atoms with Crippen LogP contribution in [0.2, 0.25) is 0 Å². The van der Waals surface area contributed by atoms with E-state index in [9.17, 15) is 4.79 Å². The van der Waals surface area contributed by atoms with Crippen molar-refractivity contribution in [1.82, 2.24) is 4.98 Å².